The number of benzene rings is 1. The Morgan fingerprint density at radius 2 is 2.10 bits per heavy atom. The molecular formula is C14H16F3N3. The van der Waals surface area contributed by atoms with Gasteiger partial charge in [-0.1, -0.05) is 6.42 Å². The second-order valence-corrected chi connectivity index (χ2v) is 5.38. The number of hydrogen-bond acceptors (Lipinski definition) is 2. The van der Waals surface area contributed by atoms with Crippen LogP contribution in [-0.2, 0) is 6.18 Å². The van der Waals surface area contributed by atoms with Crippen LogP contribution in [-0.4, -0.2) is 16.5 Å². The lowest BCUT2D eigenvalue weighted by molar-refractivity contribution is -0.137. The van der Waals surface area contributed by atoms with Crippen LogP contribution in [0.4, 0.5) is 13.2 Å². The summed E-state index contributed by atoms with van der Waals surface area (Å²) in [7, 11) is 0. The van der Waals surface area contributed by atoms with Crippen LogP contribution in [0.3, 0.4) is 0 Å². The number of halogens is 3. The molecule has 1 aromatic heterocycles. The van der Waals surface area contributed by atoms with E-state index in [2.05, 4.69) is 9.97 Å². The van der Waals surface area contributed by atoms with E-state index in [9.17, 15) is 13.2 Å². The van der Waals surface area contributed by atoms with Crippen molar-refractivity contribution in [1.82, 2.24) is 9.97 Å². The molecule has 0 bridgehead atoms. The van der Waals surface area contributed by atoms with E-state index in [0.717, 1.165) is 37.2 Å². The Labute approximate surface area is 114 Å². The van der Waals surface area contributed by atoms with Gasteiger partial charge >= 0.3 is 6.18 Å². The number of hydrogen-bond donors (Lipinski definition) is 2. The molecule has 1 saturated carbocycles. The third-order valence-electron chi connectivity index (χ3n) is 4.14. The van der Waals surface area contributed by atoms with Crippen molar-refractivity contribution >= 4 is 11.0 Å². The molecule has 2 atom stereocenters. The van der Waals surface area contributed by atoms with Gasteiger partial charge in [-0.3, -0.25) is 0 Å². The first-order valence-electron chi connectivity index (χ1n) is 6.76. The quantitative estimate of drug-likeness (QED) is 0.887. The summed E-state index contributed by atoms with van der Waals surface area (Å²) in [5, 5.41) is 0. The van der Waals surface area contributed by atoms with Crippen molar-refractivity contribution in [3.63, 3.8) is 0 Å². The van der Waals surface area contributed by atoms with E-state index in [1.165, 1.54) is 6.07 Å². The highest BCUT2D eigenvalue weighted by Crippen LogP contribution is 2.38. The predicted octanol–water partition coefficient (Wildman–Crippen LogP) is 3.42. The molecule has 0 radical (unpaired) electrons. The molecule has 108 valence electrons. The second kappa shape index (κ2) is 4.77. The third kappa shape index (κ3) is 2.28. The fourth-order valence-corrected chi connectivity index (χ4v) is 3.06. The van der Waals surface area contributed by atoms with Gasteiger partial charge in [-0.2, -0.15) is 13.2 Å². The smallest absolute Gasteiger partial charge is 0.342 e. The second-order valence-electron chi connectivity index (χ2n) is 5.38. The van der Waals surface area contributed by atoms with Crippen molar-refractivity contribution in [2.24, 2.45) is 11.7 Å². The van der Waals surface area contributed by atoms with Gasteiger partial charge in [0.1, 0.15) is 5.82 Å². The monoisotopic (exact) mass is 283 g/mol. The summed E-state index contributed by atoms with van der Waals surface area (Å²) in [5.74, 6) is 1.38. The highest BCUT2D eigenvalue weighted by molar-refractivity contribution is 5.76. The summed E-state index contributed by atoms with van der Waals surface area (Å²) < 4.78 is 38.1. The van der Waals surface area contributed by atoms with Gasteiger partial charge in [0.25, 0.3) is 0 Å². The molecule has 0 spiro atoms. The molecule has 1 heterocycles. The Morgan fingerprint density at radius 3 is 2.80 bits per heavy atom. The van der Waals surface area contributed by atoms with Gasteiger partial charge in [-0.25, -0.2) is 4.98 Å². The summed E-state index contributed by atoms with van der Waals surface area (Å²) in [6.07, 6.45) is -1.18. The number of H-pyrrole nitrogens is 1. The van der Waals surface area contributed by atoms with Gasteiger partial charge < -0.3 is 10.7 Å². The Morgan fingerprint density at radius 1 is 1.30 bits per heavy atom. The van der Waals surface area contributed by atoms with Crippen LogP contribution in [0.1, 0.15) is 36.6 Å². The summed E-state index contributed by atoms with van der Waals surface area (Å²) in [4.78, 5) is 7.49. The number of nitrogens with two attached hydrogens (primary N) is 1. The van der Waals surface area contributed by atoms with Crippen LogP contribution < -0.4 is 5.73 Å². The zero-order valence-electron chi connectivity index (χ0n) is 10.9. The Kier molecular flexibility index (Phi) is 3.20. The average molecular weight is 283 g/mol. The fourth-order valence-electron chi connectivity index (χ4n) is 3.06. The van der Waals surface area contributed by atoms with E-state index >= 15 is 0 Å². The number of aromatic nitrogens is 2. The molecule has 2 unspecified atom stereocenters. The number of alkyl halides is 3. The van der Waals surface area contributed by atoms with E-state index in [0.29, 0.717) is 23.5 Å². The molecule has 1 aromatic carbocycles. The number of nitrogens with one attached hydrogen (secondary N) is 1. The molecule has 3 N–H and O–H groups in total. The average Bonchev–Trinajstić information content (AvgIpc) is 3.02. The minimum Gasteiger partial charge on any atom is -0.342 e. The van der Waals surface area contributed by atoms with Gasteiger partial charge in [0, 0.05) is 5.92 Å². The normalized spacial score (nSPS) is 23.6. The molecule has 6 heteroatoms. The minimum atomic E-state index is -4.33. The molecule has 1 fully saturated rings. The number of rotatable bonds is 2. The lowest BCUT2D eigenvalue weighted by atomic mass is 9.96. The fraction of sp³-hybridized carbons (Fsp3) is 0.500. The number of aromatic amines is 1. The van der Waals surface area contributed by atoms with Crippen molar-refractivity contribution in [3.05, 3.63) is 29.6 Å². The van der Waals surface area contributed by atoms with E-state index in [-0.39, 0.29) is 5.92 Å². The highest BCUT2D eigenvalue weighted by Gasteiger charge is 2.32. The topological polar surface area (TPSA) is 54.7 Å². The van der Waals surface area contributed by atoms with Crippen LogP contribution in [0.2, 0.25) is 0 Å². The molecule has 0 saturated heterocycles. The largest absolute Gasteiger partial charge is 0.416 e. The first-order valence-corrected chi connectivity index (χ1v) is 6.76. The maximum atomic E-state index is 12.7. The lowest BCUT2D eigenvalue weighted by Gasteiger charge is -2.14. The van der Waals surface area contributed by atoms with Crippen molar-refractivity contribution in [3.8, 4) is 0 Å². The molecular weight excluding hydrogens is 267 g/mol. The van der Waals surface area contributed by atoms with E-state index < -0.39 is 11.7 Å². The number of imidazole rings is 1. The Balaban J connectivity index is 1.98. The standard InChI is InChI=1S/C14H16F3N3/c15-14(16,17)9-4-5-11-12(6-9)20-13(19-11)10-3-1-2-8(10)7-18/h4-6,8,10H,1-3,7,18H2,(H,19,20). The van der Waals surface area contributed by atoms with Crippen LogP contribution in [0.25, 0.3) is 11.0 Å². The van der Waals surface area contributed by atoms with E-state index in [1.807, 2.05) is 0 Å². The van der Waals surface area contributed by atoms with Gasteiger partial charge in [-0.15, -0.1) is 0 Å². The van der Waals surface area contributed by atoms with E-state index in [1.54, 1.807) is 0 Å². The van der Waals surface area contributed by atoms with Crippen molar-refractivity contribution in [2.75, 3.05) is 6.54 Å². The minimum absolute atomic E-state index is 0.238. The predicted molar refractivity (Wildman–Crippen MR) is 70.2 cm³/mol. The molecule has 2 aromatic rings. The molecule has 3 nitrogen and oxygen atoms in total. The molecule has 0 aliphatic heterocycles. The maximum absolute atomic E-state index is 12.7. The van der Waals surface area contributed by atoms with Gasteiger partial charge in [0.05, 0.1) is 16.6 Å². The molecule has 1 aliphatic carbocycles. The van der Waals surface area contributed by atoms with Crippen LogP contribution in [0, 0.1) is 5.92 Å². The highest BCUT2D eigenvalue weighted by atomic mass is 19.4. The first kappa shape index (κ1) is 13.4. The van der Waals surface area contributed by atoms with Crippen molar-refractivity contribution in [2.45, 2.75) is 31.4 Å². The third-order valence-corrected chi connectivity index (χ3v) is 4.14. The van der Waals surface area contributed by atoms with Gasteiger partial charge in [0.2, 0.25) is 0 Å². The summed E-state index contributed by atoms with van der Waals surface area (Å²) in [5.41, 5.74) is 6.12. The van der Waals surface area contributed by atoms with Gasteiger partial charge in [0.15, 0.2) is 0 Å². The van der Waals surface area contributed by atoms with Crippen LogP contribution in [0.15, 0.2) is 18.2 Å². The number of nitrogens with zero attached hydrogens (tertiary/aromatic N) is 1. The van der Waals surface area contributed by atoms with Crippen LogP contribution >= 0.6 is 0 Å². The Bertz CT molecular complexity index is 618. The SMILES string of the molecule is NCC1CCCC1c1nc2ccc(C(F)(F)F)cc2[nH]1. The lowest BCUT2D eigenvalue weighted by Crippen LogP contribution is -2.17. The number of fused-ring (bicyclic) bond motifs is 1. The van der Waals surface area contributed by atoms with Gasteiger partial charge in [-0.05, 0) is 43.5 Å². The summed E-state index contributed by atoms with van der Waals surface area (Å²) in [6.45, 7) is 0.593. The maximum Gasteiger partial charge on any atom is 0.416 e. The zero-order chi connectivity index (χ0) is 14.3. The van der Waals surface area contributed by atoms with E-state index in [4.69, 9.17) is 5.73 Å². The molecule has 3 rings (SSSR count). The molecule has 1 aliphatic rings. The van der Waals surface area contributed by atoms with Crippen molar-refractivity contribution < 1.29 is 13.2 Å². The van der Waals surface area contributed by atoms with Crippen molar-refractivity contribution in [1.29, 1.82) is 0 Å². The zero-order valence-corrected chi connectivity index (χ0v) is 10.9. The first-order chi connectivity index (χ1) is 9.49. The van der Waals surface area contributed by atoms with Crippen LogP contribution in [0.5, 0.6) is 0 Å². The summed E-state index contributed by atoms with van der Waals surface area (Å²) in [6, 6.07) is 3.62. The molecule has 0 amide bonds. The Hall–Kier alpha value is -1.56. The summed E-state index contributed by atoms with van der Waals surface area (Å²) >= 11 is 0. The molecule has 20 heavy (non-hydrogen) atoms.